The number of pyridine rings is 1. The zero-order chi connectivity index (χ0) is 18.2. The van der Waals surface area contributed by atoms with Crippen molar-refractivity contribution in [2.75, 3.05) is 6.54 Å². The summed E-state index contributed by atoms with van der Waals surface area (Å²) in [6, 6.07) is 24.4. The molecular formula is C22H22N4. The van der Waals surface area contributed by atoms with Crippen molar-refractivity contribution < 1.29 is 0 Å². The first kappa shape index (κ1) is 17.8. The number of nitrogens with two attached hydrogens (primary N) is 1. The first-order valence-corrected chi connectivity index (χ1v) is 8.73. The second-order valence-electron chi connectivity index (χ2n) is 6.23. The summed E-state index contributed by atoms with van der Waals surface area (Å²) in [5, 5.41) is 12.1. The van der Waals surface area contributed by atoms with Crippen molar-refractivity contribution in [1.29, 1.82) is 5.26 Å². The van der Waals surface area contributed by atoms with Crippen molar-refractivity contribution in [2.45, 2.75) is 19.0 Å². The Hall–Kier alpha value is -3.00. The molecule has 0 aliphatic carbocycles. The van der Waals surface area contributed by atoms with Crippen LogP contribution >= 0.6 is 0 Å². The van der Waals surface area contributed by atoms with E-state index < -0.39 is 0 Å². The van der Waals surface area contributed by atoms with Gasteiger partial charge in [0.15, 0.2) is 0 Å². The standard InChI is InChI=1S/C22H22N4/c23-14-21-10-9-17(16-26-21)15-25-12-11-22(24)20-8-4-7-19(13-20)18-5-2-1-3-6-18/h1-10,13,16,22,25H,11-12,15,24H2. The Morgan fingerprint density at radius 3 is 2.54 bits per heavy atom. The fraction of sp³-hybridized carbons (Fsp3) is 0.182. The van der Waals surface area contributed by atoms with Crippen molar-refractivity contribution in [1.82, 2.24) is 10.3 Å². The van der Waals surface area contributed by atoms with E-state index in [4.69, 9.17) is 11.0 Å². The van der Waals surface area contributed by atoms with E-state index in [0.29, 0.717) is 5.69 Å². The second kappa shape index (κ2) is 8.91. The molecule has 1 heterocycles. The highest BCUT2D eigenvalue weighted by Crippen LogP contribution is 2.23. The molecule has 0 saturated heterocycles. The molecule has 0 aliphatic rings. The lowest BCUT2D eigenvalue weighted by Gasteiger charge is -2.14. The van der Waals surface area contributed by atoms with Crippen LogP contribution in [-0.4, -0.2) is 11.5 Å². The van der Waals surface area contributed by atoms with Gasteiger partial charge in [0.1, 0.15) is 11.8 Å². The molecule has 0 spiro atoms. The molecule has 3 N–H and O–H groups in total. The zero-order valence-electron chi connectivity index (χ0n) is 14.6. The third kappa shape index (κ3) is 4.76. The smallest absolute Gasteiger partial charge is 0.140 e. The Labute approximate surface area is 154 Å². The minimum atomic E-state index is -0.00903. The van der Waals surface area contributed by atoms with Crippen LogP contribution in [-0.2, 0) is 6.54 Å². The molecule has 0 bridgehead atoms. The van der Waals surface area contributed by atoms with Gasteiger partial charge in [0.2, 0.25) is 0 Å². The van der Waals surface area contributed by atoms with Crippen LogP contribution in [0.5, 0.6) is 0 Å². The molecule has 0 fully saturated rings. The van der Waals surface area contributed by atoms with Gasteiger partial charge >= 0.3 is 0 Å². The summed E-state index contributed by atoms with van der Waals surface area (Å²) in [7, 11) is 0. The van der Waals surface area contributed by atoms with Crippen LogP contribution in [0.2, 0.25) is 0 Å². The largest absolute Gasteiger partial charge is 0.324 e. The molecule has 0 saturated carbocycles. The monoisotopic (exact) mass is 342 g/mol. The summed E-state index contributed by atoms with van der Waals surface area (Å²) in [4.78, 5) is 4.07. The Bertz CT molecular complexity index is 867. The number of benzene rings is 2. The van der Waals surface area contributed by atoms with Crippen LogP contribution in [0.4, 0.5) is 0 Å². The fourth-order valence-corrected chi connectivity index (χ4v) is 2.83. The van der Waals surface area contributed by atoms with E-state index in [0.717, 1.165) is 30.6 Å². The zero-order valence-corrected chi connectivity index (χ0v) is 14.6. The van der Waals surface area contributed by atoms with E-state index in [9.17, 15) is 0 Å². The van der Waals surface area contributed by atoms with Gasteiger partial charge in [-0.15, -0.1) is 0 Å². The number of hydrogen-bond donors (Lipinski definition) is 2. The highest BCUT2D eigenvalue weighted by molar-refractivity contribution is 5.64. The van der Waals surface area contributed by atoms with E-state index in [-0.39, 0.29) is 6.04 Å². The molecule has 0 aliphatic heterocycles. The van der Waals surface area contributed by atoms with E-state index in [1.165, 1.54) is 11.1 Å². The number of nitrogens with one attached hydrogen (secondary N) is 1. The molecule has 1 unspecified atom stereocenters. The number of aromatic nitrogens is 1. The lowest BCUT2D eigenvalue weighted by molar-refractivity contribution is 0.579. The van der Waals surface area contributed by atoms with Gasteiger partial charge in [0.05, 0.1) is 0 Å². The maximum Gasteiger partial charge on any atom is 0.140 e. The van der Waals surface area contributed by atoms with Gasteiger partial charge in [-0.05, 0) is 47.4 Å². The van der Waals surface area contributed by atoms with Gasteiger partial charge in [-0.1, -0.05) is 54.6 Å². The Morgan fingerprint density at radius 1 is 1.00 bits per heavy atom. The first-order valence-electron chi connectivity index (χ1n) is 8.73. The molecule has 1 aromatic heterocycles. The summed E-state index contributed by atoms with van der Waals surface area (Å²) in [5.74, 6) is 0. The minimum absolute atomic E-state index is 0.00903. The summed E-state index contributed by atoms with van der Waals surface area (Å²) in [5.41, 5.74) is 11.4. The summed E-state index contributed by atoms with van der Waals surface area (Å²) in [6.07, 6.45) is 2.58. The Kier molecular flexibility index (Phi) is 6.10. The summed E-state index contributed by atoms with van der Waals surface area (Å²) >= 11 is 0. The van der Waals surface area contributed by atoms with E-state index in [2.05, 4.69) is 46.7 Å². The van der Waals surface area contributed by atoms with Crippen LogP contribution in [0.3, 0.4) is 0 Å². The molecule has 3 rings (SSSR count). The van der Waals surface area contributed by atoms with Gasteiger partial charge < -0.3 is 11.1 Å². The number of nitriles is 1. The second-order valence-corrected chi connectivity index (χ2v) is 6.23. The third-order valence-corrected chi connectivity index (χ3v) is 4.32. The molecular weight excluding hydrogens is 320 g/mol. The van der Waals surface area contributed by atoms with Crippen molar-refractivity contribution in [2.24, 2.45) is 5.73 Å². The first-order chi connectivity index (χ1) is 12.8. The van der Waals surface area contributed by atoms with Crippen LogP contribution in [0, 0.1) is 11.3 Å². The van der Waals surface area contributed by atoms with Crippen molar-refractivity contribution in [3.8, 4) is 17.2 Å². The van der Waals surface area contributed by atoms with Crippen molar-refractivity contribution in [3.05, 3.63) is 89.7 Å². The predicted molar refractivity (Wildman–Crippen MR) is 104 cm³/mol. The molecule has 26 heavy (non-hydrogen) atoms. The number of rotatable bonds is 7. The topological polar surface area (TPSA) is 74.7 Å². The molecule has 0 radical (unpaired) electrons. The molecule has 4 nitrogen and oxygen atoms in total. The average molecular weight is 342 g/mol. The predicted octanol–water partition coefficient (Wildman–Crippen LogP) is 3.80. The molecule has 0 amide bonds. The van der Waals surface area contributed by atoms with Crippen LogP contribution < -0.4 is 11.1 Å². The minimum Gasteiger partial charge on any atom is -0.324 e. The van der Waals surface area contributed by atoms with Crippen molar-refractivity contribution in [3.63, 3.8) is 0 Å². The maximum absolute atomic E-state index is 8.76. The van der Waals surface area contributed by atoms with Gasteiger partial charge in [0.25, 0.3) is 0 Å². The molecule has 2 aromatic carbocycles. The highest BCUT2D eigenvalue weighted by atomic mass is 14.9. The van der Waals surface area contributed by atoms with Crippen molar-refractivity contribution >= 4 is 0 Å². The van der Waals surface area contributed by atoms with Gasteiger partial charge in [-0.2, -0.15) is 5.26 Å². The third-order valence-electron chi connectivity index (χ3n) is 4.32. The number of hydrogen-bond acceptors (Lipinski definition) is 4. The molecule has 3 aromatic rings. The lowest BCUT2D eigenvalue weighted by atomic mass is 9.98. The quantitative estimate of drug-likeness (QED) is 0.641. The van der Waals surface area contributed by atoms with E-state index in [1.807, 2.05) is 30.3 Å². The molecule has 1 atom stereocenters. The summed E-state index contributed by atoms with van der Waals surface area (Å²) < 4.78 is 0. The van der Waals surface area contributed by atoms with E-state index in [1.54, 1.807) is 12.3 Å². The van der Waals surface area contributed by atoms with Crippen LogP contribution in [0.25, 0.3) is 11.1 Å². The normalized spacial score (nSPS) is 11.7. The Morgan fingerprint density at radius 2 is 1.81 bits per heavy atom. The SMILES string of the molecule is N#Cc1ccc(CNCCC(N)c2cccc(-c3ccccc3)c2)cn1. The fourth-order valence-electron chi connectivity index (χ4n) is 2.83. The van der Waals surface area contributed by atoms with Gasteiger partial charge in [-0.25, -0.2) is 4.98 Å². The lowest BCUT2D eigenvalue weighted by Crippen LogP contribution is -2.21. The van der Waals surface area contributed by atoms with Crippen LogP contribution in [0.15, 0.2) is 72.9 Å². The number of nitrogens with zero attached hydrogens (tertiary/aromatic N) is 2. The summed E-state index contributed by atoms with van der Waals surface area (Å²) in [6.45, 7) is 1.53. The Balaban J connectivity index is 1.52. The van der Waals surface area contributed by atoms with E-state index >= 15 is 0 Å². The van der Waals surface area contributed by atoms with Crippen LogP contribution in [0.1, 0.15) is 29.3 Å². The molecule has 130 valence electrons. The van der Waals surface area contributed by atoms with Gasteiger partial charge in [-0.3, -0.25) is 0 Å². The van der Waals surface area contributed by atoms with Gasteiger partial charge in [0, 0.05) is 18.8 Å². The highest BCUT2D eigenvalue weighted by Gasteiger charge is 2.07. The maximum atomic E-state index is 8.76. The molecule has 4 heteroatoms. The average Bonchev–Trinajstić information content (AvgIpc) is 2.72.